The predicted octanol–water partition coefficient (Wildman–Crippen LogP) is 0.886. The number of nitrogens with zero attached hydrogens (tertiary/aromatic N) is 2. The molecule has 0 aliphatic heterocycles. The van der Waals surface area contributed by atoms with Crippen LogP contribution in [-0.4, -0.2) is 43.9 Å². The van der Waals surface area contributed by atoms with Crippen molar-refractivity contribution in [3.8, 4) is 0 Å². The Balaban J connectivity index is 2.07. The maximum atomic E-state index is 11.1. The smallest absolute Gasteiger partial charge is 0.209 e. The molecule has 0 saturated heterocycles. The van der Waals surface area contributed by atoms with Crippen molar-refractivity contribution in [2.45, 2.75) is 6.54 Å². The minimum atomic E-state index is -2.96. The molecule has 0 fully saturated rings. The number of sulfone groups is 1. The molecule has 0 aliphatic rings. The summed E-state index contributed by atoms with van der Waals surface area (Å²) in [6.45, 7) is 0.886. The van der Waals surface area contributed by atoms with Crippen LogP contribution in [0.3, 0.4) is 0 Å². The summed E-state index contributed by atoms with van der Waals surface area (Å²) < 4.78 is 27.8. The highest BCUT2D eigenvalue weighted by atomic mass is 32.2. The number of fused-ring (bicyclic) bond motifs is 1. The van der Waals surface area contributed by atoms with Gasteiger partial charge in [-0.2, -0.15) is 0 Å². The zero-order chi connectivity index (χ0) is 14.0. The molecule has 7 heteroatoms. The average Bonchev–Trinajstić information content (AvgIpc) is 2.69. The van der Waals surface area contributed by atoms with E-state index in [4.69, 9.17) is 10.2 Å². The second kappa shape index (κ2) is 5.18. The summed E-state index contributed by atoms with van der Waals surface area (Å²) in [7, 11) is -1.13. The van der Waals surface area contributed by atoms with E-state index < -0.39 is 9.84 Å². The van der Waals surface area contributed by atoms with E-state index in [0.717, 1.165) is 0 Å². The lowest BCUT2D eigenvalue weighted by Gasteiger charge is -2.13. The molecule has 1 aromatic carbocycles. The van der Waals surface area contributed by atoms with Crippen LogP contribution in [0.2, 0.25) is 0 Å². The van der Waals surface area contributed by atoms with Crippen molar-refractivity contribution in [2.24, 2.45) is 0 Å². The van der Waals surface area contributed by atoms with Gasteiger partial charge in [-0.1, -0.05) is 6.07 Å². The fraction of sp³-hybridized carbons (Fsp3) is 0.417. The molecule has 0 radical (unpaired) electrons. The molecule has 0 aliphatic carbocycles. The fourth-order valence-corrected chi connectivity index (χ4v) is 2.36. The van der Waals surface area contributed by atoms with Gasteiger partial charge in [0.2, 0.25) is 5.89 Å². The lowest BCUT2D eigenvalue weighted by atomic mass is 10.3. The van der Waals surface area contributed by atoms with Crippen molar-refractivity contribution in [1.29, 1.82) is 0 Å². The SMILES string of the molecule is CN(CCS(C)(=O)=O)Cc1nc2c(N)cccc2o1. The normalized spacial score (nSPS) is 12.4. The van der Waals surface area contributed by atoms with Crippen molar-refractivity contribution >= 4 is 26.6 Å². The molecule has 104 valence electrons. The summed E-state index contributed by atoms with van der Waals surface area (Å²) >= 11 is 0. The maximum absolute atomic E-state index is 11.1. The quantitative estimate of drug-likeness (QED) is 0.820. The van der Waals surface area contributed by atoms with Gasteiger partial charge >= 0.3 is 0 Å². The second-order valence-electron chi connectivity index (χ2n) is 4.67. The first-order chi connectivity index (χ1) is 8.85. The van der Waals surface area contributed by atoms with Crippen LogP contribution in [0.25, 0.3) is 11.1 Å². The number of rotatable bonds is 5. The van der Waals surface area contributed by atoms with E-state index in [9.17, 15) is 8.42 Å². The highest BCUT2D eigenvalue weighted by Crippen LogP contribution is 2.21. The van der Waals surface area contributed by atoms with E-state index in [2.05, 4.69) is 4.98 Å². The molecular formula is C12H17N3O3S. The first-order valence-electron chi connectivity index (χ1n) is 5.85. The van der Waals surface area contributed by atoms with Crippen molar-refractivity contribution in [3.63, 3.8) is 0 Å². The Hall–Kier alpha value is -1.60. The molecule has 0 atom stereocenters. The summed E-state index contributed by atoms with van der Waals surface area (Å²) in [6.07, 6.45) is 1.22. The van der Waals surface area contributed by atoms with Crippen LogP contribution in [0.5, 0.6) is 0 Å². The van der Waals surface area contributed by atoms with Crippen LogP contribution in [-0.2, 0) is 16.4 Å². The number of hydrogen-bond acceptors (Lipinski definition) is 6. The molecule has 2 rings (SSSR count). The number of nitrogens with two attached hydrogens (primary N) is 1. The number of para-hydroxylation sites is 1. The Morgan fingerprint density at radius 3 is 2.79 bits per heavy atom. The van der Waals surface area contributed by atoms with Crippen LogP contribution >= 0.6 is 0 Å². The van der Waals surface area contributed by atoms with Gasteiger partial charge in [-0.3, -0.25) is 4.90 Å². The fourth-order valence-electron chi connectivity index (χ4n) is 1.72. The first-order valence-corrected chi connectivity index (χ1v) is 7.91. The molecule has 1 aromatic heterocycles. The van der Waals surface area contributed by atoms with Crippen LogP contribution in [0.1, 0.15) is 5.89 Å². The number of oxazole rings is 1. The number of hydrogen-bond donors (Lipinski definition) is 1. The van der Waals surface area contributed by atoms with E-state index in [1.165, 1.54) is 6.26 Å². The third-order valence-electron chi connectivity index (χ3n) is 2.74. The predicted molar refractivity (Wildman–Crippen MR) is 74.5 cm³/mol. The van der Waals surface area contributed by atoms with Gasteiger partial charge in [-0.05, 0) is 19.2 Å². The number of aromatic nitrogens is 1. The Bertz CT molecular complexity index is 679. The molecule has 1 heterocycles. The molecule has 0 bridgehead atoms. The van der Waals surface area contributed by atoms with E-state index in [1.54, 1.807) is 18.2 Å². The van der Waals surface area contributed by atoms with Gasteiger partial charge < -0.3 is 10.2 Å². The summed E-state index contributed by atoms with van der Waals surface area (Å²) in [6, 6.07) is 5.38. The highest BCUT2D eigenvalue weighted by Gasteiger charge is 2.11. The summed E-state index contributed by atoms with van der Waals surface area (Å²) in [4.78, 5) is 6.16. The average molecular weight is 283 g/mol. The summed E-state index contributed by atoms with van der Waals surface area (Å²) in [5.74, 6) is 0.648. The largest absolute Gasteiger partial charge is 0.439 e. The number of nitrogen functional groups attached to an aromatic ring is 1. The van der Waals surface area contributed by atoms with Gasteiger partial charge in [0.05, 0.1) is 18.0 Å². The standard InChI is InChI=1S/C12H17N3O3S/c1-15(6-7-19(2,16)17)8-11-14-12-9(13)4-3-5-10(12)18-11/h3-5H,6-8,13H2,1-2H3. The van der Waals surface area contributed by atoms with Crippen molar-refractivity contribution < 1.29 is 12.8 Å². The summed E-state index contributed by atoms with van der Waals surface area (Å²) in [5.41, 5.74) is 7.67. The summed E-state index contributed by atoms with van der Waals surface area (Å²) in [5, 5.41) is 0. The van der Waals surface area contributed by atoms with Gasteiger partial charge in [0, 0.05) is 12.8 Å². The Morgan fingerprint density at radius 2 is 2.16 bits per heavy atom. The van der Waals surface area contributed by atoms with E-state index in [1.807, 2.05) is 11.9 Å². The Kier molecular flexibility index (Phi) is 3.77. The van der Waals surface area contributed by atoms with Gasteiger partial charge in [0.25, 0.3) is 0 Å². The van der Waals surface area contributed by atoms with Crippen LogP contribution in [0, 0.1) is 0 Å². The van der Waals surface area contributed by atoms with Crippen LogP contribution in [0.4, 0.5) is 5.69 Å². The topological polar surface area (TPSA) is 89.4 Å². The number of benzene rings is 1. The van der Waals surface area contributed by atoms with Crippen molar-refractivity contribution in [1.82, 2.24) is 9.88 Å². The molecule has 0 unspecified atom stereocenters. The highest BCUT2D eigenvalue weighted by molar-refractivity contribution is 7.90. The van der Waals surface area contributed by atoms with Gasteiger partial charge in [-0.25, -0.2) is 13.4 Å². The monoisotopic (exact) mass is 283 g/mol. The van der Waals surface area contributed by atoms with Gasteiger partial charge in [0.1, 0.15) is 15.4 Å². The molecule has 0 saturated carbocycles. The van der Waals surface area contributed by atoms with E-state index >= 15 is 0 Å². The lowest BCUT2D eigenvalue weighted by Crippen LogP contribution is -2.25. The molecule has 0 amide bonds. The zero-order valence-electron chi connectivity index (χ0n) is 11.0. The Labute approximate surface area is 112 Å². The molecule has 6 nitrogen and oxygen atoms in total. The van der Waals surface area contributed by atoms with Crippen molar-refractivity contribution in [2.75, 3.05) is 31.3 Å². The molecule has 2 aromatic rings. The minimum absolute atomic E-state index is 0.117. The van der Waals surface area contributed by atoms with Crippen LogP contribution in [0.15, 0.2) is 22.6 Å². The number of anilines is 1. The Morgan fingerprint density at radius 1 is 1.42 bits per heavy atom. The second-order valence-corrected chi connectivity index (χ2v) is 6.93. The minimum Gasteiger partial charge on any atom is -0.439 e. The zero-order valence-corrected chi connectivity index (χ0v) is 11.8. The van der Waals surface area contributed by atoms with E-state index in [0.29, 0.717) is 35.8 Å². The lowest BCUT2D eigenvalue weighted by molar-refractivity contribution is 0.307. The van der Waals surface area contributed by atoms with Crippen LogP contribution < -0.4 is 5.73 Å². The molecule has 19 heavy (non-hydrogen) atoms. The molecule has 0 spiro atoms. The van der Waals surface area contributed by atoms with E-state index in [-0.39, 0.29) is 5.75 Å². The van der Waals surface area contributed by atoms with Gasteiger partial charge in [0.15, 0.2) is 5.58 Å². The molecule has 2 N–H and O–H groups in total. The first kappa shape index (κ1) is 13.8. The molecular weight excluding hydrogens is 266 g/mol. The maximum Gasteiger partial charge on any atom is 0.209 e. The third-order valence-corrected chi connectivity index (χ3v) is 3.67. The third kappa shape index (κ3) is 3.68. The van der Waals surface area contributed by atoms with Gasteiger partial charge in [-0.15, -0.1) is 0 Å². The van der Waals surface area contributed by atoms with Crippen molar-refractivity contribution in [3.05, 3.63) is 24.1 Å².